The molecule has 0 aliphatic heterocycles. The van der Waals surface area contributed by atoms with E-state index in [9.17, 15) is 9.59 Å². The summed E-state index contributed by atoms with van der Waals surface area (Å²) in [5.41, 5.74) is 0.941. The summed E-state index contributed by atoms with van der Waals surface area (Å²) in [4.78, 5) is 36.6. The number of rotatable bonds is 6. The highest BCUT2D eigenvalue weighted by molar-refractivity contribution is 5.94. The third-order valence-corrected chi connectivity index (χ3v) is 7.52. The van der Waals surface area contributed by atoms with Crippen LogP contribution in [0.5, 0.6) is 0 Å². The van der Waals surface area contributed by atoms with Crippen LogP contribution in [-0.4, -0.2) is 48.3 Å². The molecule has 0 radical (unpaired) electrons. The van der Waals surface area contributed by atoms with Gasteiger partial charge in [-0.3, -0.25) is 9.59 Å². The summed E-state index contributed by atoms with van der Waals surface area (Å²) in [5.74, 6) is 1.94. The number of anilines is 2. The molecule has 1 heterocycles. The van der Waals surface area contributed by atoms with Crippen molar-refractivity contribution in [2.24, 2.45) is 23.7 Å². The smallest absolute Gasteiger partial charge is 0.225 e. The Labute approximate surface area is 200 Å². The van der Waals surface area contributed by atoms with Crippen LogP contribution in [0, 0.1) is 23.7 Å². The number of ketones is 1. The second-order valence-corrected chi connectivity index (χ2v) is 10.0. The number of benzene rings is 1. The Morgan fingerprint density at radius 2 is 1.82 bits per heavy atom. The van der Waals surface area contributed by atoms with Crippen molar-refractivity contribution in [3.05, 3.63) is 48.6 Å². The molecule has 1 amide bonds. The van der Waals surface area contributed by atoms with Crippen molar-refractivity contribution < 1.29 is 9.59 Å². The second kappa shape index (κ2) is 9.57. The molecule has 178 valence electrons. The van der Waals surface area contributed by atoms with Crippen molar-refractivity contribution >= 4 is 34.4 Å². The highest BCUT2D eigenvalue weighted by atomic mass is 16.2. The molecule has 3 aliphatic rings. The minimum atomic E-state index is -0.229. The molecular formula is C27H33N5O2. The summed E-state index contributed by atoms with van der Waals surface area (Å²) < 4.78 is 0. The molecule has 2 N–H and O–H groups in total. The third kappa shape index (κ3) is 4.56. The van der Waals surface area contributed by atoms with Crippen molar-refractivity contribution in [1.82, 2.24) is 15.3 Å². The molecular weight excluding hydrogens is 426 g/mol. The van der Waals surface area contributed by atoms with Gasteiger partial charge in [0.15, 0.2) is 0 Å². The quantitative estimate of drug-likeness (QED) is 0.685. The number of amides is 1. The fraction of sp³-hybridized carbons (Fsp3) is 0.481. The molecule has 0 saturated heterocycles. The zero-order valence-corrected chi connectivity index (χ0v) is 19.9. The van der Waals surface area contributed by atoms with Gasteiger partial charge in [0, 0.05) is 50.3 Å². The van der Waals surface area contributed by atoms with Crippen molar-refractivity contribution in [3.63, 3.8) is 0 Å². The molecule has 3 atom stereocenters. The molecule has 34 heavy (non-hydrogen) atoms. The molecule has 3 unspecified atom stereocenters. The van der Waals surface area contributed by atoms with Crippen LogP contribution in [0.4, 0.5) is 11.8 Å². The molecule has 0 bridgehead atoms. The van der Waals surface area contributed by atoms with Crippen LogP contribution in [0.1, 0.15) is 32.1 Å². The number of carbonyl (C=O) groups excluding carboxylic acids is 2. The molecule has 7 nitrogen and oxygen atoms in total. The van der Waals surface area contributed by atoms with Gasteiger partial charge < -0.3 is 15.5 Å². The Balaban J connectivity index is 1.13. The van der Waals surface area contributed by atoms with E-state index in [1.54, 1.807) is 0 Å². The van der Waals surface area contributed by atoms with Gasteiger partial charge >= 0.3 is 0 Å². The number of hydrogen-bond acceptors (Lipinski definition) is 6. The number of carbonyl (C=O) groups is 2. The Morgan fingerprint density at radius 3 is 2.62 bits per heavy atom. The van der Waals surface area contributed by atoms with E-state index in [-0.39, 0.29) is 29.4 Å². The van der Waals surface area contributed by atoms with Gasteiger partial charge in [0.1, 0.15) is 11.6 Å². The molecule has 5 rings (SSSR count). The normalized spacial score (nSPS) is 28.1. The van der Waals surface area contributed by atoms with Gasteiger partial charge in [0.05, 0.1) is 11.4 Å². The summed E-state index contributed by atoms with van der Waals surface area (Å²) in [6.07, 6.45) is 12.3. The highest BCUT2D eigenvalue weighted by Gasteiger charge is 2.43. The predicted molar refractivity (Wildman–Crippen MR) is 135 cm³/mol. The van der Waals surface area contributed by atoms with Crippen molar-refractivity contribution in [3.8, 4) is 0 Å². The molecule has 1 aromatic heterocycles. The fourth-order valence-corrected chi connectivity index (χ4v) is 5.62. The zero-order valence-electron chi connectivity index (χ0n) is 19.9. The number of allylic oxidation sites excluding steroid dienone is 4. The SMILES string of the molecule is CN(C)c1nc(NC2CCC(CNC(=O)C3CC(=O)C4C=CC=CC43)CC2)nc2ccccc12. The minimum absolute atomic E-state index is 0.0199. The lowest BCUT2D eigenvalue weighted by Gasteiger charge is -2.30. The zero-order chi connectivity index (χ0) is 23.7. The van der Waals surface area contributed by atoms with Crippen LogP contribution >= 0.6 is 0 Å². The molecule has 2 saturated carbocycles. The number of aromatic nitrogens is 2. The topological polar surface area (TPSA) is 87.2 Å². The van der Waals surface area contributed by atoms with Gasteiger partial charge in [-0.25, -0.2) is 4.98 Å². The summed E-state index contributed by atoms with van der Waals surface area (Å²) >= 11 is 0. The number of para-hydroxylation sites is 1. The number of hydrogen-bond donors (Lipinski definition) is 2. The molecule has 2 aromatic rings. The number of Topliss-reactive ketones (excluding diaryl/α,β-unsaturated/α-hetero) is 1. The first-order chi connectivity index (χ1) is 16.5. The molecule has 7 heteroatoms. The van der Waals surface area contributed by atoms with E-state index < -0.39 is 0 Å². The predicted octanol–water partition coefficient (Wildman–Crippen LogP) is 3.73. The monoisotopic (exact) mass is 459 g/mol. The Bertz CT molecular complexity index is 1130. The fourth-order valence-electron chi connectivity index (χ4n) is 5.62. The first-order valence-corrected chi connectivity index (χ1v) is 12.4. The van der Waals surface area contributed by atoms with Crippen molar-refractivity contribution in [2.75, 3.05) is 30.9 Å². The Kier molecular flexibility index (Phi) is 6.35. The largest absolute Gasteiger partial charge is 0.362 e. The lowest BCUT2D eigenvalue weighted by atomic mass is 9.84. The van der Waals surface area contributed by atoms with E-state index in [1.807, 2.05) is 61.5 Å². The molecule has 0 spiro atoms. The first kappa shape index (κ1) is 22.6. The van der Waals surface area contributed by atoms with Crippen LogP contribution in [0.25, 0.3) is 10.9 Å². The standard InChI is InChI=1S/C27H33N5O2/c1-32(2)25-21-9-5-6-10-23(21)30-27(31-25)29-18-13-11-17(12-14-18)16-28-26(34)22-15-24(33)20-8-4-3-7-19(20)22/h3-10,17-20,22H,11-16H2,1-2H3,(H,28,34)(H,29,30,31). The van der Waals surface area contributed by atoms with Crippen LogP contribution in [0.2, 0.25) is 0 Å². The van der Waals surface area contributed by atoms with Crippen molar-refractivity contribution in [2.45, 2.75) is 38.1 Å². The van der Waals surface area contributed by atoms with Crippen molar-refractivity contribution in [1.29, 1.82) is 0 Å². The molecule has 2 fully saturated rings. The maximum Gasteiger partial charge on any atom is 0.225 e. The average Bonchev–Trinajstić information content (AvgIpc) is 3.19. The highest BCUT2D eigenvalue weighted by Crippen LogP contribution is 2.38. The molecule has 3 aliphatic carbocycles. The maximum absolute atomic E-state index is 12.8. The van der Waals surface area contributed by atoms with Gasteiger partial charge in [-0.2, -0.15) is 4.98 Å². The van der Waals surface area contributed by atoms with Crippen LogP contribution in [0.3, 0.4) is 0 Å². The van der Waals surface area contributed by atoms with Gasteiger partial charge in [-0.05, 0) is 43.7 Å². The lowest BCUT2D eigenvalue weighted by Crippen LogP contribution is -2.38. The minimum Gasteiger partial charge on any atom is -0.362 e. The summed E-state index contributed by atoms with van der Waals surface area (Å²) in [6.45, 7) is 0.685. The summed E-state index contributed by atoms with van der Waals surface area (Å²) in [6, 6.07) is 8.42. The third-order valence-electron chi connectivity index (χ3n) is 7.52. The number of fused-ring (bicyclic) bond motifs is 2. The van der Waals surface area contributed by atoms with E-state index in [4.69, 9.17) is 9.97 Å². The van der Waals surface area contributed by atoms with Gasteiger partial charge in [0.2, 0.25) is 11.9 Å². The van der Waals surface area contributed by atoms with Crippen LogP contribution in [-0.2, 0) is 9.59 Å². The first-order valence-electron chi connectivity index (χ1n) is 12.4. The van der Waals surface area contributed by atoms with Gasteiger partial charge in [-0.1, -0.05) is 36.4 Å². The van der Waals surface area contributed by atoms with Gasteiger partial charge in [0.25, 0.3) is 0 Å². The van der Waals surface area contributed by atoms with Crippen LogP contribution < -0.4 is 15.5 Å². The second-order valence-electron chi connectivity index (χ2n) is 10.0. The Hall–Kier alpha value is -3.22. The number of nitrogens with zero attached hydrogens (tertiary/aromatic N) is 3. The maximum atomic E-state index is 12.8. The lowest BCUT2D eigenvalue weighted by molar-refractivity contribution is -0.127. The van der Waals surface area contributed by atoms with E-state index in [0.717, 1.165) is 42.4 Å². The number of nitrogens with one attached hydrogen (secondary N) is 2. The summed E-state index contributed by atoms with van der Waals surface area (Å²) in [7, 11) is 4.00. The summed E-state index contributed by atoms with van der Waals surface area (Å²) in [5, 5.41) is 7.75. The van der Waals surface area contributed by atoms with E-state index in [1.165, 1.54) is 0 Å². The Morgan fingerprint density at radius 1 is 1.06 bits per heavy atom. The molecule has 1 aromatic carbocycles. The van der Waals surface area contributed by atoms with Gasteiger partial charge in [-0.15, -0.1) is 0 Å². The van der Waals surface area contributed by atoms with E-state index >= 15 is 0 Å². The average molecular weight is 460 g/mol. The van der Waals surface area contributed by atoms with E-state index in [2.05, 4.69) is 16.7 Å². The van der Waals surface area contributed by atoms with Crippen LogP contribution in [0.15, 0.2) is 48.6 Å². The van der Waals surface area contributed by atoms with E-state index in [0.29, 0.717) is 30.9 Å².